The van der Waals surface area contributed by atoms with Crippen molar-refractivity contribution in [3.8, 4) is 5.75 Å². The van der Waals surface area contributed by atoms with Gasteiger partial charge in [-0.2, -0.15) is 4.31 Å². The van der Waals surface area contributed by atoms with E-state index in [-0.39, 0.29) is 23.2 Å². The zero-order valence-electron chi connectivity index (χ0n) is 11.1. The van der Waals surface area contributed by atoms with Gasteiger partial charge in [-0.25, -0.2) is 8.42 Å². The fraction of sp³-hybridized carbons (Fsp3) is 0.500. The van der Waals surface area contributed by atoms with Crippen LogP contribution in [0.1, 0.15) is 6.42 Å². The second kappa shape index (κ2) is 7.09. The van der Waals surface area contributed by atoms with Crippen LogP contribution in [0.5, 0.6) is 5.75 Å². The minimum absolute atomic E-state index is 0. The Morgan fingerprint density at radius 3 is 2.70 bits per heavy atom. The Kier molecular flexibility index (Phi) is 6.27. The Bertz CT molecular complexity index is 568. The molecule has 114 valence electrons. The van der Waals surface area contributed by atoms with E-state index < -0.39 is 10.0 Å². The third-order valence-corrected chi connectivity index (χ3v) is 5.60. The number of rotatable bonds is 4. The van der Waals surface area contributed by atoms with Gasteiger partial charge in [0.1, 0.15) is 5.75 Å². The molecule has 2 N–H and O–H groups in total. The number of benzene rings is 1. The predicted molar refractivity (Wildman–Crippen MR) is 83.9 cm³/mol. The van der Waals surface area contributed by atoms with Crippen molar-refractivity contribution in [1.29, 1.82) is 0 Å². The molecule has 0 spiro atoms. The van der Waals surface area contributed by atoms with Gasteiger partial charge in [-0.05, 0) is 31.0 Å². The van der Waals surface area contributed by atoms with Gasteiger partial charge in [0.25, 0.3) is 0 Å². The van der Waals surface area contributed by atoms with Gasteiger partial charge in [0.2, 0.25) is 10.0 Å². The normalized spacial score (nSPS) is 19.6. The number of sulfonamides is 1. The molecule has 1 atom stereocenters. The van der Waals surface area contributed by atoms with Gasteiger partial charge in [0, 0.05) is 23.6 Å². The molecule has 0 aliphatic carbocycles. The van der Waals surface area contributed by atoms with Crippen LogP contribution in [0.15, 0.2) is 27.6 Å². The first kappa shape index (κ1) is 17.7. The molecule has 1 fully saturated rings. The Hall–Kier alpha value is -0.340. The smallest absolute Gasteiger partial charge is 0.243 e. The second-order valence-corrected chi connectivity index (χ2v) is 7.43. The van der Waals surface area contributed by atoms with Gasteiger partial charge in [-0.1, -0.05) is 15.9 Å². The highest BCUT2D eigenvalue weighted by Crippen LogP contribution is 2.29. The fourth-order valence-electron chi connectivity index (χ4n) is 2.16. The third kappa shape index (κ3) is 3.65. The SMILES string of the molecule is COc1cc(Br)cc(S(=O)(=O)N2CCC(CN)C2)c1.Cl. The summed E-state index contributed by atoms with van der Waals surface area (Å²) in [7, 11) is -1.96. The summed E-state index contributed by atoms with van der Waals surface area (Å²) in [5.41, 5.74) is 5.60. The van der Waals surface area contributed by atoms with Crippen LogP contribution in [0.2, 0.25) is 0 Å². The summed E-state index contributed by atoms with van der Waals surface area (Å²) in [6.07, 6.45) is 0.820. The van der Waals surface area contributed by atoms with Gasteiger partial charge in [0.15, 0.2) is 0 Å². The lowest BCUT2D eigenvalue weighted by molar-refractivity contribution is 0.412. The summed E-state index contributed by atoms with van der Waals surface area (Å²) in [6.45, 7) is 1.54. The molecule has 5 nitrogen and oxygen atoms in total. The molecule has 1 aliphatic rings. The van der Waals surface area contributed by atoms with Crippen LogP contribution in [0, 0.1) is 5.92 Å². The van der Waals surface area contributed by atoms with Crippen molar-refractivity contribution in [2.24, 2.45) is 11.7 Å². The highest BCUT2D eigenvalue weighted by Gasteiger charge is 2.32. The van der Waals surface area contributed by atoms with Crippen LogP contribution < -0.4 is 10.5 Å². The maximum atomic E-state index is 12.5. The lowest BCUT2D eigenvalue weighted by Gasteiger charge is -2.17. The topological polar surface area (TPSA) is 72.6 Å². The Labute approximate surface area is 134 Å². The summed E-state index contributed by atoms with van der Waals surface area (Å²) >= 11 is 3.30. The van der Waals surface area contributed by atoms with E-state index in [4.69, 9.17) is 10.5 Å². The van der Waals surface area contributed by atoms with E-state index in [0.29, 0.717) is 29.9 Å². The van der Waals surface area contributed by atoms with E-state index in [1.54, 1.807) is 12.1 Å². The molecule has 0 amide bonds. The third-order valence-electron chi connectivity index (χ3n) is 3.30. The largest absolute Gasteiger partial charge is 0.497 e. The molecule has 2 rings (SSSR count). The molecule has 0 bridgehead atoms. The van der Waals surface area contributed by atoms with Crippen molar-refractivity contribution < 1.29 is 13.2 Å². The van der Waals surface area contributed by atoms with Crippen molar-refractivity contribution in [3.05, 3.63) is 22.7 Å². The van der Waals surface area contributed by atoms with E-state index >= 15 is 0 Å². The minimum Gasteiger partial charge on any atom is -0.497 e. The Morgan fingerprint density at radius 1 is 1.45 bits per heavy atom. The first-order valence-corrected chi connectivity index (χ1v) is 8.25. The summed E-state index contributed by atoms with van der Waals surface area (Å²) < 4.78 is 32.3. The molecule has 0 radical (unpaired) electrons. The van der Waals surface area contributed by atoms with Crippen LogP contribution in [0.3, 0.4) is 0 Å². The quantitative estimate of drug-likeness (QED) is 0.858. The van der Waals surface area contributed by atoms with Crippen molar-refractivity contribution in [2.75, 3.05) is 26.7 Å². The lowest BCUT2D eigenvalue weighted by atomic mass is 10.1. The van der Waals surface area contributed by atoms with Crippen LogP contribution in [-0.4, -0.2) is 39.5 Å². The fourth-order valence-corrected chi connectivity index (χ4v) is 4.38. The standard InChI is InChI=1S/C12H17BrN2O3S.ClH/c1-18-11-4-10(13)5-12(6-11)19(16,17)15-3-2-9(7-14)8-15;/h4-6,9H,2-3,7-8,14H2,1H3;1H. The number of hydrogen-bond donors (Lipinski definition) is 1. The summed E-state index contributed by atoms with van der Waals surface area (Å²) in [6, 6.07) is 4.86. The molecule has 20 heavy (non-hydrogen) atoms. The molecular formula is C12H18BrClN2O3S. The Balaban J connectivity index is 0.00000200. The van der Waals surface area contributed by atoms with Crippen LogP contribution in [-0.2, 0) is 10.0 Å². The maximum absolute atomic E-state index is 12.5. The lowest BCUT2D eigenvalue weighted by Crippen LogP contribution is -2.30. The average Bonchev–Trinajstić information content (AvgIpc) is 2.87. The molecule has 1 saturated heterocycles. The monoisotopic (exact) mass is 384 g/mol. The summed E-state index contributed by atoms with van der Waals surface area (Å²) in [5.74, 6) is 0.770. The zero-order chi connectivity index (χ0) is 14.0. The number of halogens is 2. The number of nitrogens with two attached hydrogens (primary N) is 1. The molecule has 1 unspecified atom stereocenters. The minimum atomic E-state index is -3.47. The van der Waals surface area contributed by atoms with E-state index in [1.165, 1.54) is 17.5 Å². The molecule has 0 aromatic heterocycles. The Morgan fingerprint density at radius 2 is 2.15 bits per heavy atom. The van der Waals surface area contributed by atoms with Gasteiger partial charge < -0.3 is 10.5 Å². The maximum Gasteiger partial charge on any atom is 0.243 e. The van der Waals surface area contributed by atoms with Crippen molar-refractivity contribution in [3.63, 3.8) is 0 Å². The molecular weight excluding hydrogens is 368 g/mol. The van der Waals surface area contributed by atoms with Gasteiger partial charge in [-0.15, -0.1) is 12.4 Å². The first-order valence-electron chi connectivity index (χ1n) is 6.02. The molecule has 1 aromatic carbocycles. The van der Waals surface area contributed by atoms with E-state index in [9.17, 15) is 8.42 Å². The number of nitrogens with zero attached hydrogens (tertiary/aromatic N) is 1. The predicted octanol–water partition coefficient (Wildman–Crippen LogP) is 1.85. The summed E-state index contributed by atoms with van der Waals surface area (Å²) in [5, 5.41) is 0. The van der Waals surface area contributed by atoms with Gasteiger partial charge >= 0.3 is 0 Å². The molecule has 8 heteroatoms. The first-order chi connectivity index (χ1) is 8.97. The molecule has 1 aliphatic heterocycles. The number of hydrogen-bond acceptors (Lipinski definition) is 4. The van der Waals surface area contributed by atoms with Gasteiger partial charge in [0.05, 0.1) is 12.0 Å². The molecule has 0 saturated carbocycles. The number of ether oxygens (including phenoxy) is 1. The van der Waals surface area contributed by atoms with Crippen LogP contribution >= 0.6 is 28.3 Å². The molecule has 1 heterocycles. The second-order valence-electron chi connectivity index (χ2n) is 4.58. The molecule has 1 aromatic rings. The highest BCUT2D eigenvalue weighted by molar-refractivity contribution is 9.10. The summed E-state index contributed by atoms with van der Waals surface area (Å²) in [4.78, 5) is 0.247. The average molecular weight is 386 g/mol. The van der Waals surface area contributed by atoms with Crippen molar-refractivity contribution >= 4 is 38.4 Å². The van der Waals surface area contributed by atoms with Crippen LogP contribution in [0.25, 0.3) is 0 Å². The van der Waals surface area contributed by atoms with E-state index in [0.717, 1.165) is 6.42 Å². The van der Waals surface area contributed by atoms with Crippen molar-refractivity contribution in [2.45, 2.75) is 11.3 Å². The van der Waals surface area contributed by atoms with Gasteiger partial charge in [-0.3, -0.25) is 0 Å². The van der Waals surface area contributed by atoms with Crippen molar-refractivity contribution in [1.82, 2.24) is 4.31 Å². The van der Waals surface area contributed by atoms with E-state index in [2.05, 4.69) is 15.9 Å². The number of methoxy groups -OCH3 is 1. The highest BCUT2D eigenvalue weighted by atomic mass is 79.9. The van der Waals surface area contributed by atoms with E-state index in [1.807, 2.05) is 0 Å². The van der Waals surface area contributed by atoms with Crippen LogP contribution in [0.4, 0.5) is 0 Å². The zero-order valence-corrected chi connectivity index (χ0v) is 14.3.